The maximum atomic E-state index is 11.3. The van der Waals surface area contributed by atoms with Gasteiger partial charge in [0.1, 0.15) is 5.82 Å². The normalized spacial score (nSPS) is 14.4. The SMILES string of the molecule is CCOc1nc(CC(C)C)nc(NC2CC2)c1[N+](=O)[O-]. The summed E-state index contributed by atoms with van der Waals surface area (Å²) in [5, 5.41) is 14.4. The van der Waals surface area contributed by atoms with E-state index in [4.69, 9.17) is 4.74 Å². The molecule has 0 radical (unpaired) electrons. The van der Waals surface area contributed by atoms with Gasteiger partial charge in [-0.2, -0.15) is 4.98 Å². The molecule has 110 valence electrons. The van der Waals surface area contributed by atoms with Gasteiger partial charge in [-0.25, -0.2) is 4.98 Å². The Morgan fingerprint density at radius 2 is 2.15 bits per heavy atom. The number of anilines is 1. The molecule has 1 aliphatic carbocycles. The van der Waals surface area contributed by atoms with Gasteiger partial charge in [0.2, 0.25) is 5.82 Å². The fourth-order valence-corrected chi connectivity index (χ4v) is 1.86. The summed E-state index contributed by atoms with van der Waals surface area (Å²) in [5.41, 5.74) is -0.161. The van der Waals surface area contributed by atoms with Crippen LogP contribution in [0.1, 0.15) is 39.4 Å². The van der Waals surface area contributed by atoms with E-state index in [-0.39, 0.29) is 23.4 Å². The van der Waals surface area contributed by atoms with Crippen LogP contribution in [0.4, 0.5) is 11.5 Å². The molecule has 1 aromatic rings. The summed E-state index contributed by atoms with van der Waals surface area (Å²) in [6, 6.07) is 0.282. The Kier molecular flexibility index (Phi) is 4.36. The van der Waals surface area contributed by atoms with Gasteiger partial charge < -0.3 is 10.1 Å². The highest BCUT2D eigenvalue weighted by molar-refractivity contribution is 5.62. The number of nitrogens with zero attached hydrogens (tertiary/aromatic N) is 3. The van der Waals surface area contributed by atoms with Crippen molar-refractivity contribution in [1.82, 2.24) is 9.97 Å². The molecule has 20 heavy (non-hydrogen) atoms. The van der Waals surface area contributed by atoms with Crippen molar-refractivity contribution in [2.75, 3.05) is 11.9 Å². The van der Waals surface area contributed by atoms with Gasteiger partial charge in [-0.1, -0.05) is 13.8 Å². The number of hydrogen-bond acceptors (Lipinski definition) is 6. The largest absolute Gasteiger partial charge is 0.473 e. The molecule has 7 heteroatoms. The van der Waals surface area contributed by atoms with E-state index in [0.717, 1.165) is 12.8 Å². The molecule has 0 amide bonds. The third-order valence-corrected chi connectivity index (χ3v) is 2.87. The Morgan fingerprint density at radius 3 is 2.65 bits per heavy atom. The lowest BCUT2D eigenvalue weighted by Crippen LogP contribution is -2.13. The second kappa shape index (κ2) is 6.02. The van der Waals surface area contributed by atoms with Gasteiger partial charge in [0.05, 0.1) is 11.5 Å². The average Bonchev–Trinajstić information content (AvgIpc) is 3.11. The zero-order valence-electron chi connectivity index (χ0n) is 12.0. The van der Waals surface area contributed by atoms with Crippen molar-refractivity contribution in [3.63, 3.8) is 0 Å². The van der Waals surface area contributed by atoms with Crippen molar-refractivity contribution < 1.29 is 9.66 Å². The number of nitrogens with one attached hydrogen (secondary N) is 1. The molecule has 1 aliphatic rings. The first-order valence-electron chi connectivity index (χ1n) is 6.95. The maximum absolute atomic E-state index is 11.3. The van der Waals surface area contributed by atoms with E-state index in [0.29, 0.717) is 24.8 Å². The highest BCUT2D eigenvalue weighted by Crippen LogP contribution is 2.35. The Hall–Kier alpha value is -1.92. The minimum atomic E-state index is -0.477. The van der Waals surface area contributed by atoms with E-state index >= 15 is 0 Å². The number of hydrogen-bond donors (Lipinski definition) is 1. The van der Waals surface area contributed by atoms with E-state index in [1.807, 2.05) is 0 Å². The lowest BCUT2D eigenvalue weighted by atomic mass is 10.1. The quantitative estimate of drug-likeness (QED) is 0.609. The second-order valence-electron chi connectivity index (χ2n) is 5.35. The van der Waals surface area contributed by atoms with Crippen molar-refractivity contribution in [2.24, 2.45) is 5.92 Å². The first kappa shape index (κ1) is 14.5. The molecule has 7 nitrogen and oxygen atoms in total. The fourth-order valence-electron chi connectivity index (χ4n) is 1.86. The van der Waals surface area contributed by atoms with Crippen LogP contribution in [-0.4, -0.2) is 27.5 Å². The van der Waals surface area contributed by atoms with Crippen LogP contribution in [0.5, 0.6) is 5.88 Å². The molecule has 0 bridgehead atoms. The number of aromatic nitrogens is 2. The van der Waals surface area contributed by atoms with Crippen molar-refractivity contribution >= 4 is 11.5 Å². The van der Waals surface area contributed by atoms with Crippen molar-refractivity contribution in [3.8, 4) is 5.88 Å². The van der Waals surface area contributed by atoms with Crippen LogP contribution >= 0.6 is 0 Å². The Balaban J connectivity index is 2.41. The summed E-state index contributed by atoms with van der Waals surface area (Å²) < 4.78 is 5.33. The van der Waals surface area contributed by atoms with Crippen LogP contribution in [0.2, 0.25) is 0 Å². The standard InChI is InChI=1S/C13H20N4O3/c1-4-20-13-11(17(18)19)12(14-9-5-6-9)15-10(16-13)7-8(2)3/h8-9H,4-7H2,1-3H3,(H,14,15,16). The van der Waals surface area contributed by atoms with E-state index in [1.54, 1.807) is 6.92 Å². The van der Waals surface area contributed by atoms with Crippen LogP contribution in [0.15, 0.2) is 0 Å². The van der Waals surface area contributed by atoms with Gasteiger partial charge in [0, 0.05) is 12.5 Å². The monoisotopic (exact) mass is 280 g/mol. The van der Waals surface area contributed by atoms with Gasteiger partial charge in [-0.05, 0) is 25.7 Å². The molecule has 2 rings (SSSR count). The predicted molar refractivity (Wildman–Crippen MR) is 75.0 cm³/mol. The zero-order chi connectivity index (χ0) is 14.7. The molecule has 1 aromatic heterocycles. The van der Waals surface area contributed by atoms with Crippen LogP contribution in [0.3, 0.4) is 0 Å². The molecular formula is C13H20N4O3. The van der Waals surface area contributed by atoms with Gasteiger partial charge >= 0.3 is 5.69 Å². The Bertz CT molecular complexity index is 501. The topological polar surface area (TPSA) is 90.2 Å². The smallest absolute Gasteiger partial charge is 0.372 e. The highest BCUT2D eigenvalue weighted by atomic mass is 16.6. The summed E-state index contributed by atoms with van der Waals surface area (Å²) in [4.78, 5) is 19.3. The van der Waals surface area contributed by atoms with Gasteiger partial charge in [0.15, 0.2) is 0 Å². The van der Waals surface area contributed by atoms with Crippen LogP contribution < -0.4 is 10.1 Å². The molecule has 1 heterocycles. The minimum absolute atomic E-state index is 0.0614. The van der Waals surface area contributed by atoms with Gasteiger partial charge in [-0.15, -0.1) is 0 Å². The summed E-state index contributed by atoms with van der Waals surface area (Å²) in [7, 11) is 0. The Labute approximate surface area is 117 Å². The number of nitro groups is 1. The molecule has 0 saturated heterocycles. The van der Waals surface area contributed by atoms with E-state index in [9.17, 15) is 10.1 Å². The summed E-state index contributed by atoms with van der Waals surface area (Å²) in [5.74, 6) is 1.30. The molecular weight excluding hydrogens is 260 g/mol. The van der Waals surface area contributed by atoms with E-state index in [1.165, 1.54) is 0 Å². The average molecular weight is 280 g/mol. The van der Waals surface area contributed by atoms with Gasteiger partial charge in [0.25, 0.3) is 5.88 Å². The second-order valence-corrected chi connectivity index (χ2v) is 5.35. The molecule has 1 fully saturated rings. The molecule has 1 saturated carbocycles. The first-order valence-corrected chi connectivity index (χ1v) is 6.95. The molecule has 1 N–H and O–H groups in total. The molecule has 0 spiro atoms. The summed E-state index contributed by atoms with van der Waals surface area (Å²) in [6.07, 6.45) is 2.70. The highest BCUT2D eigenvalue weighted by Gasteiger charge is 2.31. The van der Waals surface area contributed by atoms with Crippen molar-refractivity contribution in [3.05, 3.63) is 15.9 Å². The molecule has 0 atom stereocenters. The molecule has 0 unspecified atom stereocenters. The number of rotatable bonds is 7. The number of ether oxygens (including phenoxy) is 1. The van der Waals surface area contributed by atoms with Gasteiger partial charge in [-0.3, -0.25) is 10.1 Å². The lowest BCUT2D eigenvalue weighted by molar-refractivity contribution is -0.385. The van der Waals surface area contributed by atoms with E-state index in [2.05, 4.69) is 29.1 Å². The first-order chi connectivity index (χ1) is 9.51. The fraction of sp³-hybridized carbons (Fsp3) is 0.692. The van der Waals surface area contributed by atoms with Crippen molar-refractivity contribution in [1.29, 1.82) is 0 Å². The van der Waals surface area contributed by atoms with E-state index < -0.39 is 4.92 Å². The zero-order valence-corrected chi connectivity index (χ0v) is 12.0. The van der Waals surface area contributed by atoms with Crippen LogP contribution in [0.25, 0.3) is 0 Å². The lowest BCUT2D eigenvalue weighted by Gasteiger charge is -2.11. The van der Waals surface area contributed by atoms with Crippen LogP contribution in [0, 0.1) is 16.0 Å². The third kappa shape index (κ3) is 3.55. The van der Waals surface area contributed by atoms with Crippen molar-refractivity contribution in [2.45, 2.75) is 46.1 Å². The molecule has 0 aliphatic heterocycles. The summed E-state index contributed by atoms with van der Waals surface area (Å²) >= 11 is 0. The molecule has 0 aromatic carbocycles. The predicted octanol–water partition coefficient (Wildman–Crippen LogP) is 2.56. The minimum Gasteiger partial charge on any atom is -0.473 e. The third-order valence-electron chi connectivity index (χ3n) is 2.87. The summed E-state index contributed by atoms with van der Waals surface area (Å²) in [6.45, 7) is 6.22. The maximum Gasteiger partial charge on any atom is 0.372 e. The Morgan fingerprint density at radius 1 is 1.45 bits per heavy atom. The van der Waals surface area contributed by atoms with Crippen LogP contribution in [-0.2, 0) is 6.42 Å².